The van der Waals surface area contributed by atoms with Crippen LogP contribution < -0.4 is 16.0 Å². The Morgan fingerprint density at radius 3 is 2.70 bits per heavy atom. The molecule has 1 unspecified atom stereocenters. The number of nitrogens with two attached hydrogens (primary N) is 1. The van der Waals surface area contributed by atoms with Crippen molar-refractivity contribution in [2.45, 2.75) is 36.4 Å². The number of aromatic carboxylic acids is 1. The number of para-hydroxylation sites is 1. The van der Waals surface area contributed by atoms with E-state index in [9.17, 15) is 24.8 Å². The number of allylic oxidation sites excluding steroid dienone is 3. The molecule has 0 saturated carbocycles. The lowest BCUT2D eigenvalue weighted by atomic mass is 9.75. The van der Waals surface area contributed by atoms with Crippen LogP contribution in [0.15, 0.2) is 75.5 Å². The van der Waals surface area contributed by atoms with Crippen LogP contribution in [0.25, 0.3) is 0 Å². The zero-order chi connectivity index (χ0) is 28.4. The number of hydrogen-bond acceptors (Lipinski definition) is 10. The van der Waals surface area contributed by atoms with E-state index in [0.29, 0.717) is 34.3 Å². The van der Waals surface area contributed by atoms with Crippen LogP contribution in [0.2, 0.25) is 0 Å². The maximum absolute atomic E-state index is 13.3. The fourth-order valence-electron chi connectivity index (χ4n) is 4.97. The number of anilines is 2. The molecule has 1 aliphatic carbocycles. The van der Waals surface area contributed by atoms with Gasteiger partial charge in [-0.25, -0.2) is 4.79 Å². The number of rotatable bonds is 7. The van der Waals surface area contributed by atoms with Gasteiger partial charge in [0.15, 0.2) is 10.1 Å². The number of thioether (sulfide) groups is 1. The molecule has 40 heavy (non-hydrogen) atoms. The highest BCUT2D eigenvalue weighted by Gasteiger charge is 2.41. The smallest absolute Gasteiger partial charge is 0.337 e. The molecule has 0 spiro atoms. The third-order valence-electron chi connectivity index (χ3n) is 6.76. The summed E-state index contributed by atoms with van der Waals surface area (Å²) >= 11 is 2.33. The predicted octanol–water partition coefficient (Wildman–Crippen LogP) is 4.58. The standard InChI is InChI=1S/C28H24N6O4S2/c1-15-7-2-3-8-16(15)23-18(13-29)25(30)34(20-11-6-12-21(35)24(20)23)27-32-33-28(40-27)39-14-22(36)31-19-10-5-4-9-17(19)26(37)38/h2-5,7-10,23H,6,11-12,14,30H2,1H3,(H,31,36)(H,37,38). The van der Waals surface area contributed by atoms with Crippen LogP contribution in [-0.4, -0.2) is 38.7 Å². The molecule has 2 aliphatic rings. The second-order valence-electron chi connectivity index (χ2n) is 9.21. The molecule has 5 rings (SSSR count). The van der Waals surface area contributed by atoms with Crippen molar-refractivity contribution in [2.24, 2.45) is 5.73 Å². The van der Waals surface area contributed by atoms with Gasteiger partial charge in [-0.05, 0) is 43.0 Å². The lowest BCUT2D eigenvalue weighted by Crippen LogP contribution is -2.38. The molecule has 0 fully saturated rings. The van der Waals surface area contributed by atoms with E-state index in [1.807, 2.05) is 31.2 Å². The van der Waals surface area contributed by atoms with Crippen LogP contribution in [0.3, 0.4) is 0 Å². The molecule has 2 aromatic carbocycles. The van der Waals surface area contributed by atoms with Gasteiger partial charge in [0.1, 0.15) is 5.82 Å². The minimum Gasteiger partial charge on any atom is -0.478 e. The number of amides is 1. The number of carbonyl (C=O) groups excluding carboxylic acids is 2. The van der Waals surface area contributed by atoms with Crippen molar-refractivity contribution in [3.05, 3.63) is 87.9 Å². The molecule has 1 atom stereocenters. The lowest BCUT2D eigenvalue weighted by Gasteiger charge is -2.38. The van der Waals surface area contributed by atoms with E-state index in [-0.39, 0.29) is 34.2 Å². The van der Waals surface area contributed by atoms with Crippen molar-refractivity contribution in [1.82, 2.24) is 10.2 Å². The van der Waals surface area contributed by atoms with E-state index in [2.05, 4.69) is 21.6 Å². The molecular formula is C28H24N6O4S2. The number of benzene rings is 2. The molecule has 0 saturated heterocycles. The number of ketones is 1. The van der Waals surface area contributed by atoms with Crippen LogP contribution in [0, 0.1) is 18.3 Å². The summed E-state index contributed by atoms with van der Waals surface area (Å²) < 4.78 is 0.480. The Kier molecular flexibility index (Phi) is 7.68. The van der Waals surface area contributed by atoms with Crippen molar-refractivity contribution < 1.29 is 19.5 Å². The van der Waals surface area contributed by atoms with E-state index in [0.717, 1.165) is 28.6 Å². The number of carbonyl (C=O) groups is 3. The molecular weight excluding hydrogens is 548 g/mol. The van der Waals surface area contributed by atoms with E-state index < -0.39 is 17.8 Å². The average Bonchev–Trinajstić information content (AvgIpc) is 3.40. The quantitative estimate of drug-likeness (QED) is 0.342. The number of hydrogen-bond donors (Lipinski definition) is 3. The average molecular weight is 573 g/mol. The first-order valence-electron chi connectivity index (χ1n) is 12.4. The van der Waals surface area contributed by atoms with Crippen molar-refractivity contribution in [3.8, 4) is 6.07 Å². The van der Waals surface area contributed by atoms with Gasteiger partial charge in [0, 0.05) is 17.7 Å². The molecule has 202 valence electrons. The molecule has 0 bridgehead atoms. The van der Waals surface area contributed by atoms with Crippen molar-refractivity contribution >= 4 is 51.6 Å². The fraction of sp³-hybridized carbons (Fsp3) is 0.214. The maximum atomic E-state index is 13.3. The highest BCUT2D eigenvalue weighted by atomic mass is 32.2. The molecule has 2 heterocycles. The summed E-state index contributed by atoms with van der Waals surface area (Å²) in [4.78, 5) is 38.9. The number of nitrogens with one attached hydrogen (secondary N) is 1. The molecule has 12 heteroatoms. The monoisotopic (exact) mass is 572 g/mol. The minimum atomic E-state index is -1.14. The van der Waals surface area contributed by atoms with E-state index in [4.69, 9.17) is 5.73 Å². The Hall–Kier alpha value is -4.47. The Morgan fingerprint density at radius 1 is 1.20 bits per heavy atom. The topological polar surface area (TPSA) is 162 Å². The van der Waals surface area contributed by atoms with Crippen molar-refractivity contribution in [1.29, 1.82) is 5.26 Å². The largest absolute Gasteiger partial charge is 0.478 e. The van der Waals surface area contributed by atoms with Crippen LogP contribution in [0.1, 0.15) is 46.7 Å². The van der Waals surface area contributed by atoms with Gasteiger partial charge in [0.25, 0.3) is 0 Å². The Balaban J connectivity index is 1.42. The van der Waals surface area contributed by atoms with Gasteiger partial charge in [-0.1, -0.05) is 59.5 Å². The van der Waals surface area contributed by atoms with Gasteiger partial charge >= 0.3 is 5.97 Å². The summed E-state index contributed by atoms with van der Waals surface area (Å²) in [5.41, 5.74) is 10.2. The summed E-state index contributed by atoms with van der Waals surface area (Å²) in [6, 6.07) is 16.1. The molecule has 4 N–H and O–H groups in total. The molecule has 10 nitrogen and oxygen atoms in total. The van der Waals surface area contributed by atoms with Gasteiger partial charge in [-0.15, -0.1) is 10.2 Å². The highest BCUT2D eigenvalue weighted by molar-refractivity contribution is 8.01. The second kappa shape index (κ2) is 11.3. The number of aromatic nitrogens is 2. The van der Waals surface area contributed by atoms with Crippen molar-refractivity contribution in [3.63, 3.8) is 0 Å². The van der Waals surface area contributed by atoms with E-state index in [1.165, 1.54) is 23.5 Å². The number of nitriles is 1. The lowest BCUT2D eigenvalue weighted by molar-refractivity contribution is -0.116. The zero-order valence-electron chi connectivity index (χ0n) is 21.4. The maximum Gasteiger partial charge on any atom is 0.337 e. The highest BCUT2D eigenvalue weighted by Crippen LogP contribution is 2.47. The van der Waals surface area contributed by atoms with Crippen LogP contribution in [-0.2, 0) is 9.59 Å². The van der Waals surface area contributed by atoms with E-state index >= 15 is 0 Å². The van der Waals surface area contributed by atoms with Crippen molar-refractivity contribution in [2.75, 3.05) is 16.0 Å². The minimum absolute atomic E-state index is 0.00480. The molecule has 1 amide bonds. The number of Topliss-reactive ketones (excluding diaryl/α,β-unsaturated/α-hetero) is 1. The Labute approximate surface area is 238 Å². The summed E-state index contributed by atoms with van der Waals surface area (Å²) in [5, 5.41) is 31.0. The first kappa shape index (κ1) is 27.1. The first-order chi connectivity index (χ1) is 19.3. The second-order valence-corrected chi connectivity index (χ2v) is 11.4. The number of carboxylic acids is 1. The predicted molar refractivity (Wildman–Crippen MR) is 152 cm³/mol. The van der Waals surface area contributed by atoms with Crippen LogP contribution >= 0.6 is 23.1 Å². The van der Waals surface area contributed by atoms with E-state index in [1.54, 1.807) is 17.0 Å². The van der Waals surface area contributed by atoms with Crippen LogP contribution in [0.4, 0.5) is 10.8 Å². The van der Waals surface area contributed by atoms with Gasteiger partial charge < -0.3 is 16.2 Å². The van der Waals surface area contributed by atoms with Gasteiger partial charge in [-0.3, -0.25) is 14.5 Å². The summed E-state index contributed by atoms with van der Waals surface area (Å²) in [6.45, 7) is 1.95. The Bertz CT molecular complexity index is 1640. The number of nitrogens with zero attached hydrogens (tertiary/aromatic N) is 4. The summed E-state index contributed by atoms with van der Waals surface area (Å²) in [7, 11) is 0. The summed E-state index contributed by atoms with van der Waals surface area (Å²) in [6.07, 6.45) is 1.64. The van der Waals surface area contributed by atoms with Gasteiger partial charge in [0.05, 0.1) is 34.6 Å². The zero-order valence-corrected chi connectivity index (χ0v) is 23.0. The molecule has 3 aromatic rings. The summed E-state index contributed by atoms with van der Waals surface area (Å²) in [5.74, 6) is -1.93. The molecule has 0 radical (unpaired) electrons. The van der Waals surface area contributed by atoms with Gasteiger partial charge in [-0.2, -0.15) is 5.26 Å². The van der Waals surface area contributed by atoms with Crippen LogP contribution in [0.5, 0.6) is 0 Å². The third kappa shape index (κ3) is 5.09. The molecule has 1 aromatic heterocycles. The third-order valence-corrected chi connectivity index (χ3v) is 8.80. The first-order valence-corrected chi connectivity index (χ1v) is 14.2. The Morgan fingerprint density at radius 2 is 1.95 bits per heavy atom. The van der Waals surface area contributed by atoms with Gasteiger partial charge in [0.2, 0.25) is 11.0 Å². The fourth-order valence-corrected chi connectivity index (χ4v) is 6.65. The molecule has 1 aliphatic heterocycles. The number of aryl methyl sites for hydroxylation is 1. The SMILES string of the molecule is Cc1ccccc1C1C(C#N)=C(N)N(c2nnc(SCC(=O)Nc3ccccc3C(=O)O)s2)C2=C1C(=O)CCC2. The normalized spacial score (nSPS) is 16.9. The number of carboxylic acid groups (broad SMARTS) is 1.